The second-order valence-corrected chi connectivity index (χ2v) is 8.76. The minimum absolute atomic E-state index is 0.00854. The molecule has 0 aromatic heterocycles. The third-order valence-electron chi connectivity index (χ3n) is 4.48. The molecule has 3 rings (SSSR count). The van der Waals surface area contributed by atoms with Gasteiger partial charge in [0.2, 0.25) is 10.0 Å². The molecule has 2 amide bonds. The Morgan fingerprint density at radius 1 is 1.00 bits per heavy atom. The summed E-state index contributed by atoms with van der Waals surface area (Å²) < 4.78 is 38.0. The molecule has 3 N–H and O–H groups in total. The van der Waals surface area contributed by atoms with Crippen molar-refractivity contribution < 1.29 is 27.5 Å². The van der Waals surface area contributed by atoms with E-state index in [1.54, 1.807) is 12.1 Å². The maximum absolute atomic E-state index is 12.4. The fourth-order valence-electron chi connectivity index (χ4n) is 2.69. The van der Waals surface area contributed by atoms with Gasteiger partial charge in [0.15, 0.2) is 11.5 Å². The molecule has 9 nitrogen and oxygen atoms in total. The Morgan fingerprint density at radius 3 is 2.29 bits per heavy atom. The molecule has 0 radical (unpaired) electrons. The van der Waals surface area contributed by atoms with Crippen LogP contribution in [0.25, 0.3) is 0 Å². The molecule has 1 aliphatic rings. The van der Waals surface area contributed by atoms with E-state index in [0.717, 1.165) is 19.3 Å². The van der Waals surface area contributed by atoms with Gasteiger partial charge in [0, 0.05) is 17.2 Å². The number of ether oxygens (including phenoxy) is 2. The maximum Gasteiger partial charge on any atom is 0.269 e. The first kappa shape index (κ1) is 22.6. The van der Waals surface area contributed by atoms with E-state index in [2.05, 4.69) is 15.6 Å². The second kappa shape index (κ2) is 9.80. The smallest absolute Gasteiger partial charge is 0.269 e. The van der Waals surface area contributed by atoms with Crippen LogP contribution >= 0.6 is 0 Å². The molecule has 0 heterocycles. The van der Waals surface area contributed by atoms with Crippen molar-refractivity contribution in [3.63, 3.8) is 0 Å². The Bertz CT molecular complexity index is 1070. The largest absolute Gasteiger partial charge is 0.493 e. The Balaban J connectivity index is 1.64. The molecule has 0 atom stereocenters. The summed E-state index contributed by atoms with van der Waals surface area (Å²) in [6.07, 6.45) is 2.44. The van der Waals surface area contributed by atoms with E-state index in [9.17, 15) is 18.0 Å². The normalized spacial score (nSPS) is 13.4. The van der Waals surface area contributed by atoms with Gasteiger partial charge in [-0.05, 0) is 55.7 Å². The van der Waals surface area contributed by atoms with Gasteiger partial charge in [-0.15, -0.1) is 0 Å². The van der Waals surface area contributed by atoms with Crippen molar-refractivity contribution in [1.82, 2.24) is 15.6 Å². The molecule has 31 heavy (non-hydrogen) atoms. The molecule has 2 aromatic rings. The number of sulfonamides is 1. The summed E-state index contributed by atoms with van der Waals surface area (Å²) in [7, 11) is -2.22. The van der Waals surface area contributed by atoms with Gasteiger partial charge in [-0.25, -0.2) is 13.1 Å². The van der Waals surface area contributed by atoms with Gasteiger partial charge < -0.3 is 9.47 Å². The van der Waals surface area contributed by atoms with Gasteiger partial charge in [0.25, 0.3) is 11.8 Å². The van der Waals surface area contributed by atoms with Crippen LogP contribution in [0.1, 0.15) is 46.9 Å². The van der Waals surface area contributed by atoms with Gasteiger partial charge in [-0.3, -0.25) is 20.4 Å². The number of nitrogens with one attached hydrogen (secondary N) is 3. The summed E-state index contributed by atoms with van der Waals surface area (Å²) in [5, 5.41) is 0. The van der Waals surface area contributed by atoms with Crippen LogP contribution in [-0.4, -0.2) is 40.0 Å². The molecule has 0 unspecified atom stereocenters. The van der Waals surface area contributed by atoms with E-state index in [-0.39, 0.29) is 22.1 Å². The van der Waals surface area contributed by atoms with Gasteiger partial charge in [-0.2, -0.15) is 0 Å². The average molecular weight is 448 g/mol. The lowest BCUT2D eigenvalue weighted by molar-refractivity contribution is 0.0846. The lowest BCUT2D eigenvalue weighted by Crippen LogP contribution is -2.41. The van der Waals surface area contributed by atoms with E-state index in [1.807, 2.05) is 6.92 Å². The van der Waals surface area contributed by atoms with Crippen LogP contribution in [0.4, 0.5) is 0 Å². The first-order valence-corrected chi connectivity index (χ1v) is 11.4. The van der Waals surface area contributed by atoms with Crippen LogP contribution in [0, 0.1) is 0 Å². The number of amides is 2. The van der Waals surface area contributed by atoms with E-state index < -0.39 is 21.8 Å². The molecule has 0 aliphatic heterocycles. The molecule has 1 aliphatic carbocycles. The lowest BCUT2D eigenvalue weighted by atomic mass is 10.2. The van der Waals surface area contributed by atoms with Crippen molar-refractivity contribution in [2.45, 2.75) is 37.1 Å². The monoisotopic (exact) mass is 447 g/mol. The predicted molar refractivity (Wildman–Crippen MR) is 113 cm³/mol. The SMILES string of the molecule is CCCOc1ccc(C(=O)NNC(=O)c2cccc(S(=O)(=O)NC3CC3)c2)cc1OC. The fourth-order valence-corrected chi connectivity index (χ4v) is 4.04. The Hall–Kier alpha value is -3.11. The minimum atomic E-state index is -3.69. The highest BCUT2D eigenvalue weighted by Crippen LogP contribution is 2.28. The number of hydrogen-bond donors (Lipinski definition) is 3. The second-order valence-electron chi connectivity index (χ2n) is 7.05. The molecular formula is C21H25N3O6S. The molecule has 166 valence electrons. The zero-order valence-electron chi connectivity index (χ0n) is 17.3. The summed E-state index contributed by atoms with van der Waals surface area (Å²) in [6.45, 7) is 2.49. The Labute approximate surface area is 181 Å². The van der Waals surface area contributed by atoms with E-state index >= 15 is 0 Å². The number of carbonyl (C=O) groups excluding carboxylic acids is 2. The quantitative estimate of drug-likeness (QED) is 0.505. The summed E-state index contributed by atoms with van der Waals surface area (Å²) in [6, 6.07) is 10.2. The Kier molecular flexibility index (Phi) is 7.13. The van der Waals surface area contributed by atoms with Crippen molar-refractivity contribution >= 4 is 21.8 Å². The number of rotatable bonds is 9. The summed E-state index contributed by atoms with van der Waals surface area (Å²) in [4.78, 5) is 24.8. The zero-order valence-corrected chi connectivity index (χ0v) is 18.1. The molecule has 2 aromatic carbocycles. The molecule has 0 spiro atoms. The van der Waals surface area contributed by atoms with E-state index in [4.69, 9.17) is 9.47 Å². The van der Waals surface area contributed by atoms with Gasteiger partial charge in [0.05, 0.1) is 18.6 Å². The highest BCUT2D eigenvalue weighted by atomic mass is 32.2. The third kappa shape index (κ3) is 5.96. The van der Waals surface area contributed by atoms with Crippen molar-refractivity contribution in [1.29, 1.82) is 0 Å². The third-order valence-corrected chi connectivity index (χ3v) is 6.00. The van der Waals surface area contributed by atoms with Crippen LogP contribution in [-0.2, 0) is 10.0 Å². The number of hydrogen-bond acceptors (Lipinski definition) is 6. The highest BCUT2D eigenvalue weighted by Gasteiger charge is 2.28. The van der Waals surface area contributed by atoms with Gasteiger partial charge in [-0.1, -0.05) is 13.0 Å². The minimum Gasteiger partial charge on any atom is -0.493 e. The standard InChI is InChI=1S/C21H25N3O6S/c1-3-11-30-18-10-7-15(13-19(18)29-2)21(26)23-22-20(25)14-5-4-6-17(12-14)31(27,28)24-16-8-9-16/h4-7,10,12-13,16,24H,3,8-9,11H2,1-2H3,(H,22,25)(H,23,26). The summed E-state index contributed by atoms with van der Waals surface area (Å²) in [5.74, 6) is -0.296. The van der Waals surface area contributed by atoms with Crippen LogP contribution in [0.2, 0.25) is 0 Å². The topological polar surface area (TPSA) is 123 Å². The summed E-state index contributed by atoms with van der Waals surface area (Å²) in [5.41, 5.74) is 4.95. The molecule has 0 saturated heterocycles. The lowest BCUT2D eigenvalue weighted by Gasteiger charge is -2.12. The van der Waals surface area contributed by atoms with Crippen molar-refractivity contribution in [3.05, 3.63) is 53.6 Å². The van der Waals surface area contributed by atoms with Crippen LogP contribution < -0.4 is 25.0 Å². The molecule has 1 fully saturated rings. The van der Waals surface area contributed by atoms with Crippen LogP contribution in [0.5, 0.6) is 11.5 Å². The first-order chi connectivity index (χ1) is 14.8. The van der Waals surface area contributed by atoms with Crippen molar-refractivity contribution in [2.24, 2.45) is 0 Å². The van der Waals surface area contributed by atoms with Crippen LogP contribution in [0.3, 0.4) is 0 Å². The Morgan fingerprint density at radius 2 is 1.68 bits per heavy atom. The highest BCUT2D eigenvalue weighted by molar-refractivity contribution is 7.89. The first-order valence-electron chi connectivity index (χ1n) is 9.88. The molecular weight excluding hydrogens is 422 g/mol. The average Bonchev–Trinajstić information content (AvgIpc) is 3.59. The van der Waals surface area contributed by atoms with E-state index in [1.165, 1.54) is 37.4 Å². The number of carbonyl (C=O) groups is 2. The van der Waals surface area contributed by atoms with Crippen molar-refractivity contribution in [3.8, 4) is 11.5 Å². The molecule has 10 heteroatoms. The number of hydrazine groups is 1. The number of benzene rings is 2. The zero-order chi connectivity index (χ0) is 22.4. The predicted octanol–water partition coefficient (Wildman–Crippen LogP) is 2.00. The fraction of sp³-hybridized carbons (Fsp3) is 0.333. The molecule has 1 saturated carbocycles. The molecule has 0 bridgehead atoms. The van der Waals surface area contributed by atoms with Crippen molar-refractivity contribution in [2.75, 3.05) is 13.7 Å². The van der Waals surface area contributed by atoms with Crippen LogP contribution in [0.15, 0.2) is 47.4 Å². The van der Waals surface area contributed by atoms with E-state index in [0.29, 0.717) is 18.1 Å². The maximum atomic E-state index is 12.4. The van der Waals surface area contributed by atoms with Gasteiger partial charge in [0.1, 0.15) is 0 Å². The van der Waals surface area contributed by atoms with Gasteiger partial charge >= 0.3 is 0 Å². The summed E-state index contributed by atoms with van der Waals surface area (Å²) >= 11 is 0. The number of methoxy groups -OCH3 is 1.